The van der Waals surface area contributed by atoms with Gasteiger partial charge in [0.05, 0.1) is 0 Å². The molecule has 0 fully saturated rings. The molecule has 0 spiro atoms. The molecule has 3 heteroatoms. The number of nitrogens with one attached hydrogen (secondary N) is 1. The minimum Gasteiger partial charge on any atom is -0.317 e. The molecule has 1 aromatic rings. The van der Waals surface area contributed by atoms with Crippen LogP contribution in [0.1, 0.15) is 18.9 Å². The van der Waals surface area contributed by atoms with Crippen LogP contribution < -0.4 is 5.32 Å². The van der Waals surface area contributed by atoms with Crippen molar-refractivity contribution in [2.24, 2.45) is 0 Å². The Balaban J connectivity index is 2.36. The Bertz CT molecular complexity index is 350. The van der Waals surface area contributed by atoms with Crippen molar-refractivity contribution >= 4 is 27.5 Å². The number of benzene rings is 1. The zero-order valence-electron chi connectivity index (χ0n) is 9.47. The maximum atomic E-state index is 6.12. The first kappa shape index (κ1) is 13.8. The van der Waals surface area contributed by atoms with E-state index in [1.165, 1.54) is 5.56 Å². The van der Waals surface area contributed by atoms with Crippen molar-refractivity contribution in [1.82, 2.24) is 5.32 Å². The summed E-state index contributed by atoms with van der Waals surface area (Å²) in [5, 5.41) is 4.11. The molecule has 0 bridgehead atoms. The van der Waals surface area contributed by atoms with Crippen molar-refractivity contribution in [2.45, 2.75) is 19.8 Å². The van der Waals surface area contributed by atoms with Crippen LogP contribution in [0.3, 0.4) is 0 Å². The van der Waals surface area contributed by atoms with E-state index in [0.29, 0.717) is 0 Å². The largest absolute Gasteiger partial charge is 0.317 e. The second-order valence-corrected chi connectivity index (χ2v) is 4.88. The second-order valence-electron chi connectivity index (χ2n) is 3.55. The standard InChI is InChI=1S/C13H17BrClN/c1-2-16-9-5-3-4-6-11-7-8-12(14)10-13(11)15/h3-4,7-8,10,16H,2,5-6,9H2,1H3/b4-3+. The maximum Gasteiger partial charge on any atom is 0.0452 e. The van der Waals surface area contributed by atoms with Crippen LogP contribution in [0.15, 0.2) is 34.8 Å². The highest BCUT2D eigenvalue weighted by Crippen LogP contribution is 2.21. The number of hydrogen-bond donors (Lipinski definition) is 1. The molecule has 0 atom stereocenters. The molecular weight excluding hydrogens is 286 g/mol. The van der Waals surface area contributed by atoms with E-state index in [9.17, 15) is 0 Å². The fourth-order valence-corrected chi connectivity index (χ4v) is 2.13. The molecule has 0 saturated carbocycles. The first-order valence-corrected chi connectivity index (χ1v) is 6.70. The molecule has 1 aromatic carbocycles. The third-order valence-corrected chi connectivity index (χ3v) is 3.10. The summed E-state index contributed by atoms with van der Waals surface area (Å²) in [7, 11) is 0. The lowest BCUT2D eigenvalue weighted by atomic mass is 10.1. The van der Waals surface area contributed by atoms with E-state index in [4.69, 9.17) is 11.6 Å². The van der Waals surface area contributed by atoms with Crippen molar-refractivity contribution < 1.29 is 0 Å². The van der Waals surface area contributed by atoms with Gasteiger partial charge in [0.2, 0.25) is 0 Å². The van der Waals surface area contributed by atoms with Gasteiger partial charge in [-0.15, -0.1) is 0 Å². The summed E-state index contributed by atoms with van der Waals surface area (Å²) in [5.74, 6) is 0. The fraction of sp³-hybridized carbons (Fsp3) is 0.385. The van der Waals surface area contributed by atoms with E-state index in [1.807, 2.05) is 12.1 Å². The minimum absolute atomic E-state index is 0.825. The zero-order chi connectivity index (χ0) is 11.8. The van der Waals surface area contributed by atoms with Gasteiger partial charge in [-0.25, -0.2) is 0 Å². The molecule has 1 N–H and O–H groups in total. The maximum absolute atomic E-state index is 6.12. The summed E-state index contributed by atoms with van der Waals surface area (Å²) in [6.45, 7) is 4.19. The van der Waals surface area contributed by atoms with Gasteiger partial charge in [-0.2, -0.15) is 0 Å². The van der Waals surface area contributed by atoms with E-state index in [-0.39, 0.29) is 0 Å². The van der Waals surface area contributed by atoms with Gasteiger partial charge in [-0.3, -0.25) is 0 Å². The van der Waals surface area contributed by atoms with Crippen LogP contribution in [0.25, 0.3) is 0 Å². The van der Waals surface area contributed by atoms with E-state index in [0.717, 1.165) is 35.4 Å². The predicted molar refractivity (Wildman–Crippen MR) is 75.2 cm³/mol. The van der Waals surface area contributed by atoms with Crippen molar-refractivity contribution in [2.75, 3.05) is 13.1 Å². The van der Waals surface area contributed by atoms with E-state index in [1.54, 1.807) is 0 Å². The molecule has 88 valence electrons. The summed E-state index contributed by atoms with van der Waals surface area (Å²) >= 11 is 9.51. The normalized spacial score (nSPS) is 11.2. The SMILES string of the molecule is CCNCC/C=C/Cc1ccc(Br)cc1Cl. The Hall–Kier alpha value is -0.310. The summed E-state index contributed by atoms with van der Waals surface area (Å²) in [4.78, 5) is 0. The van der Waals surface area contributed by atoms with Crippen LogP contribution in [0.2, 0.25) is 5.02 Å². The minimum atomic E-state index is 0.825. The van der Waals surface area contributed by atoms with Gasteiger partial charge in [0.25, 0.3) is 0 Å². The summed E-state index contributed by atoms with van der Waals surface area (Å²) in [5.41, 5.74) is 1.17. The van der Waals surface area contributed by atoms with E-state index < -0.39 is 0 Å². The predicted octanol–water partition coefficient (Wildman–Crippen LogP) is 4.20. The van der Waals surface area contributed by atoms with Gasteiger partial charge in [0, 0.05) is 9.50 Å². The summed E-state index contributed by atoms with van der Waals surface area (Å²) in [6, 6.07) is 6.01. The highest BCUT2D eigenvalue weighted by atomic mass is 79.9. The topological polar surface area (TPSA) is 12.0 Å². The molecule has 1 rings (SSSR count). The molecule has 0 aromatic heterocycles. The third-order valence-electron chi connectivity index (χ3n) is 2.26. The van der Waals surface area contributed by atoms with Gasteiger partial charge in [0.15, 0.2) is 0 Å². The number of rotatable bonds is 6. The molecule has 1 nitrogen and oxygen atoms in total. The highest BCUT2D eigenvalue weighted by Gasteiger charge is 1.98. The van der Waals surface area contributed by atoms with Crippen molar-refractivity contribution in [3.05, 3.63) is 45.4 Å². The van der Waals surface area contributed by atoms with Crippen molar-refractivity contribution in [1.29, 1.82) is 0 Å². The molecule has 0 aliphatic rings. The fourth-order valence-electron chi connectivity index (χ4n) is 1.38. The molecule has 0 unspecified atom stereocenters. The second kappa shape index (κ2) is 7.88. The molecular formula is C13H17BrClN. The molecule has 0 amide bonds. The lowest BCUT2D eigenvalue weighted by Gasteiger charge is -2.01. The van der Waals surface area contributed by atoms with Crippen molar-refractivity contribution in [3.63, 3.8) is 0 Å². The first-order valence-electron chi connectivity index (χ1n) is 5.53. The molecule has 0 aliphatic carbocycles. The number of halogens is 2. The number of allylic oxidation sites excluding steroid dienone is 1. The Kier molecular flexibility index (Phi) is 6.78. The molecule has 0 saturated heterocycles. The Morgan fingerprint density at radius 3 is 2.88 bits per heavy atom. The van der Waals surface area contributed by atoms with Crippen LogP contribution in [0.4, 0.5) is 0 Å². The van der Waals surface area contributed by atoms with Gasteiger partial charge in [-0.1, -0.05) is 52.7 Å². The van der Waals surface area contributed by atoms with Gasteiger partial charge in [-0.05, 0) is 43.6 Å². The average Bonchev–Trinajstić information content (AvgIpc) is 2.26. The van der Waals surface area contributed by atoms with Crippen LogP contribution >= 0.6 is 27.5 Å². The lowest BCUT2D eigenvalue weighted by molar-refractivity contribution is 0.726. The van der Waals surface area contributed by atoms with E-state index in [2.05, 4.69) is 46.4 Å². The lowest BCUT2D eigenvalue weighted by Crippen LogP contribution is -2.12. The summed E-state index contributed by atoms with van der Waals surface area (Å²) < 4.78 is 1.03. The smallest absolute Gasteiger partial charge is 0.0452 e. The van der Waals surface area contributed by atoms with Gasteiger partial charge >= 0.3 is 0 Å². The van der Waals surface area contributed by atoms with Crippen LogP contribution in [-0.4, -0.2) is 13.1 Å². The van der Waals surface area contributed by atoms with Gasteiger partial charge in [0.1, 0.15) is 0 Å². The molecule has 0 heterocycles. The van der Waals surface area contributed by atoms with Crippen LogP contribution in [0, 0.1) is 0 Å². The first-order chi connectivity index (χ1) is 7.74. The Morgan fingerprint density at radius 2 is 2.19 bits per heavy atom. The summed E-state index contributed by atoms with van der Waals surface area (Å²) in [6.07, 6.45) is 6.34. The Morgan fingerprint density at radius 1 is 1.38 bits per heavy atom. The van der Waals surface area contributed by atoms with Gasteiger partial charge < -0.3 is 5.32 Å². The monoisotopic (exact) mass is 301 g/mol. The molecule has 0 radical (unpaired) electrons. The van der Waals surface area contributed by atoms with Crippen molar-refractivity contribution in [3.8, 4) is 0 Å². The van der Waals surface area contributed by atoms with Crippen LogP contribution in [0.5, 0.6) is 0 Å². The zero-order valence-corrected chi connectivity index (χ0v) is 11.8. The number of hydrogen-bond acceptors (Lipinski definition) is 1. The van der Waals surface area contributed by atoms with E-state index >= 15 is 0 Å². The van der Waals surface area contributed by atoms with Crippen LogP contribution in [-0.2, 0) is 6.42 Å². The molecule has 16 heavy (non-hydrogen) atoms. The third kappa shape index (κ3) is 5.15. The quantitative estimate of drug-likeness (QED) is 0.613. The highest BCUT2D eigenvalue weighted by molar-refractivity contribution is 9.10. The Labute approximate surface area is 111 Å². The average molecular weight is 303 g/mol. The molecule has 0 aliphatic heterocycles.